The van der Waals surface area contributed by atoms with Gasteiger partial charge in [-0.05, 0) is 47.9 Å². The first kappa shape index (κ1) is 17.0. The lowest BCUT2D eigenvalue weighted by Gasteiger charge is -2.10. The van der Waals surface area contributed by atoms with Crippen LogP contribution in [0.5, 0.6) is 0 Å². The molecule has 5 heteroatoms. The molecule has 1 amide bonds. The van der Waals surface area contributed by atoms with Gasteiger partial charge in [0.1, 0.15) is 5.56 Å². The highest BCUT2D eigenvalue weighted by atomic mass is 35.5. The van der Waals surface area contributed by atoms with Gasteiger partial charge < -0.3 is 10.3 Å². The van der Waals surface area contributed by atoms with Crippen LogP contribution in [0.15, 0.2) is 65.5 Å². The number of hydrogen-bond donors (Lipinski definition) is 2. The van der Waals surface area contributed by atoms with E-state index in [-0.39, 0.29) is 5.56 Å². The summed E-state index contributed by atoms with van der Waals surface area (Å²) in [6.45, 7) is 2.01. The molecular formula is C20H17ClN2O2. The van der Waals surface area contributed by atoms with E-state index < -0.39 is 11.5 Å². The number of aryl methyl sites for hydroxylation is 1. The maximum atomic E-state index is 12.4. The molecule has 4 nitrogen and oxygen atoms in total. The van der Waals surface area contributed by atoms with Gasteiger partial charge in [0.2, 0.25) is 0 Å². The summed E-state index contributed by atoms with van der Waals surface area (Å²) >= 11 is 5.87. The van der Waals surface area contributed by atoms with Crippen LogP contribution in [-0.2, 0) is 6.42 Å². The van der Waals surface area contributed by atoms with E-state index >= 15 is 0 Å². The largest absolute Gasteiger partial charge is 0.322 e. The highest BCUT2D eigenvalue weighted by Crippen LogP contribution is 2.19. The van der Waals surface area contributed by atoms with Crippen LogP contribution >= 0.6 is 11.6 Å². The fourth-order valence-electron chi connectivity index (χ4n) is 2.59. The topological polar surface area (TPSA) is 62.0 Å². The van der Waals surface area contributed by atoms with Crippen molar-refractivity contribution in [3.05, 3.63) is 87.2 Å². The standard InChI is InChI=1S/C20H17ClN2O2/c1-2-13-5-3-4-6-17(13)22-19(24)16-11-12-18(23-20(16)25)14-7-9-15(21)10-8-14/h3-12H,2H2,1H3,(H,22,24)(H,23,25). The van der Waals surface area contributed by atoms with Crippen molar-refractivity contribution in [1.82, 2.24) is 4.98 Å². The molecule has 0 radical (unpaired) electrons. The molecule has 0 unspecified atom stereocenters. The minimum absolute atomic E-state index is 0.0728. The van der Waals surface area contributed by atoms with Crippen molar-refractivity contribution in [2.75, 3.05) is 5.32 Å². The molecule has 0 aliphatic rings. The molecule has 0 atom stereocenters. The fraction of sp³-hybridized carbons (Fsp3) is 0.100. The molecule has 2 aromatic carbocycles. The smallest absolute Gasteiger partial charge is 0.261 e. The molecule has 0 saturated carbocycles. The van der Waals surface area contributed by atoms with Gasteiger partial charge >= 0.3 is 0 Å². The van der Waals surface area contributed by atoms with E-state index in [1.54, 1.807) is 18.2 Å². The lowest BCUT2D eigenvalue weighted by Crippen LogP contribution is -2.23. The molecule has 3 aromatic rings. The number of carbonyl (C=O) groups excluding carboxylic acids is 1. The number of halogens is 1. The van der Waals surface area contributed by atoms with Crippen molar-refractivity contribution < 1.29 is 4.79 Å². The number of H-pyrrole nitrogens is 1. The lowest BCUT2D eigenvalue weighted by molar-refractivity contribution is 0.102. The normalized spacial score (nSPS) is 10.5. The van der Waals surface area contributed by atoms with Crippen molar-refractivity contribution in [2.45, 2.75) is 13.3 Å². The van der Waals surface area contributed by atoms with Crippen LogP contribution in [0.1, 0.15) is 22.8 Å². The number of hydrogen-bond acceptors (Lipinski definition) is 2. The second kappa shape index (κ2) is 7.36. The van der Waals surface area contributed by atoms with Gasteiger partial charge in [0.05, 0.1) is 0 Å². The monoisotopic (exact) mass is 352 g/mol. The molecule has 0 saturated heterocycles. The van der Waals surface area contributed by atoms with Crippen LogP contribution in [0.3, 0.4) is 0 Å². The SMILES string of the molecule is CCc1ccccc1NC(=O)c1ccc(-c2ccc(Cl)cc2)[nH]c1=O. The molecule has 0 aliphatic heterocycles. The number of pyridine rings is 1. The van der Waals surface area contributed by atoms with Gasteiger partial charge in [-0.2, -0.15) is 0 Å². The van der Waals surface area contributed by atoms with E-state index in [4.69, 9.17) is 11.6 Å². The number of para-hydroxylation sites is 1. The summed E-state index contributed by atoms with van der Waals surface area (Å²) in [7, 11) is 0. The first-order valence-corrected chi connectivity index (χ1v) is 8.35. The van der Waals surface area contributed by atoms with E-state index in [1.807, 2.05) is 43.3 Å². The van der Waals surface area contributed by atoms with Crippen LogP contribution in [0.2, 0.25) is 5.02 Å². The average molecular weight is 353 g/mol. The van der Waals surface area contributed by atoms with E-state index in [1.165, 1.54) is 6.07 Å². The predicted octanol–water partition coefficient (Wildman–Crippen LogP) is 4.51. The third-order valence-corrected chi connectivity index (χ3v) is 4.21. The van der Waals surface area contributed by atoms with Gasteiger partial charge in [0, 0.05) is 16.4 Å². The summed E-state index contributed by atoms with van der Waals surface area (Å²) in [5.74, 6) is -0.426. The van der Waals surface area contributed by atoms with Crippen LogP contribution in [0, 0.1) is 0 Å². The zero-order valence-corrected chi connectivity index (χ0v) is 14.4. The Labute approximate surface area is 150 Å². The van der Waals surface area contributed by atoms with Gasteiger partial charge in [-0.3, -0.25) is 9.59 Å². The number of amides is 1. The zero-order chi connectivity index (χ0) is 17.8. The second-order valence-corrected chi connectivity index (χ2v) is 6.02. The molecule has 1 heterocycles. The minimum atomic E-state index is -0.432. The Morgan fingerprint density at radius 3 is 2.44 bits per heavy atom. The number of benzene rings is 2. The van der Waals surface area contributed by atoms with Crippen LogP contribution < -0.4 is 10.9 Å². The Balaban J connectivity index is 1.87. The van der Waals surface area contributed by atoms with Crippen molar-refractivity contribution in [3.8, 4) is 11.3 Å². The molecule has 0 bridgehead atoms. The first-order valence-electron chi connectivity index (χ1n) is 7.97. The second-order valence-electron chi connectivity index (χ2n) is 5.59. The molecule has 1 aromatic heterocycles. The molecule has 25 heavy (non-hydrogen) atoms. The molecule has 3 rings (SSSR count). The van der Waals surface area contributed by atoms with Gasteiger partial charge in [-0.15, -0.1) is 0 Å². The van der Waals surface area contributed by atoms with Gasteiger partial charge in [0.15, 0.2) is 0 Å². The number of aromatic amines is 1. The van der Waals surface area contributed by atoms with E-state index in [0.29, 0.717) is 10.7 Å². The number of carbonyl (C=O) groups is 1. The summed E-state index contributed by atoms with van der Waals surface area (Å²) in [6, 6.07) is 17.9. The van der Waals surface area contributed by atoms with Gasteiger partial charge in [0.25, 0.3) is 11.5 Å². The van der Waals surface area contributed by atoms with Crippen LogP contribution in [0.4, 0.5) is 5.69 Å². The third-order valence-electron chi connectivity index (χ3n) is 3.96. The highest BCUT2D eigenvalue weighted by Gasteiger charge is 2.13. The first-order chi connectivity index (χ1) is 12.1. The molecule has 0 aliphatic carbocycles. The maximum absolute atomic E-state index is 12.4. The highest BCUT2D eigenvalue weighted by molar-refractivity contribution is 6.30. The number of aromatic nitrogens is 1. The quantitative estimate of drug-likeness (QED) is 0.725. The molecule has 126 valence electrons. The Kier molecular flexibility index (Phi) is 5.00. The third kappa shape index (κ3) is 3.80. The summed E-state index contributed by atoms with van der Waals surface area (Å²) < 4.78 is 0. The van der Waals surface area contributed by atoms with Gasteiger partial charge in [-0.25, -0.2) is 0 Å². The van der Waals surface area contributed by atoms with Crippen molar-refractivity contribution in [2.24, 2.45) is 0 Å². The minimum Gasteiger partial charge on any atom is -0.322 e. The summed E-state index contributed by atoms with van der Waals surface area (Å²) in [5.41, 5.74) is 2.83. The van der Waals surface area contributed by atoms with E-state index in [2.05, 4.69) is 10.3 Å². The number of rotatable bonds is 4. The Bertz CT molecular complexity index is 962. The Morgan fingerprint density at radius 1 is 1.04 bits per heavy atom. The Morgan fingerprint density at radius 2 is 1.76 bits per heavy atom. The van der Waals surface area contributed by atoms with Crippen molar-refractivity contribution in [3.63, 3.8) is 0 Å². The summed E-state index contributed by atoms with van der Waals surface area (Å²) in [6.07, 6.45) is 0.794. The number of anilines is 1. The summed E-state index contributed by atoms with van der Waals surface area (Å²) in [5, 5.41) is 3.43. The van der Waals surface area contributed by atoms with Crippen LogP contribution in [0.25, 0.3) is 11.3 Å². The lowest BCUT2D eigenvalue weighted by atomic mass is 10.1. The number of nitrogens with one attached hydrogen (secondary N) is 2. The maximum Gasteiger partial charge on any atom is 0.261 e. The molecule has 0 fully saturated rings. The Hall–Kier alpha value is -2.85. The zero-order valence-electron chi connectivity index (χ0n) is 13.7. The average Bonchev–Trinajstić information content (AvgIpc) is 2.62. The molecule has 2 N–H and O–H groups in total. The molecule has 0 spiro atoms. The van der Waals surface area contributed by atoms with Crippen LogP contribution in [-0.4, -0.2) is 10.9 Å². The molecular weight excluding hydrogens is 336 g/mol. The van der Waals surface area contributed by atoms with E-state index in [0.717, 1.165) is 23.2 Å². The fourth-order valence-corrected chi connectivity index (χ4v) is 2.72. The van der Waals surface area contributed by atoms with Crippen molar-refractivity contribution >= 4 is 23.2 Å². The van der Waals surface area contributed by atoms with E-state index in [9.17, 15) is 9.59 Å². The predicted molar refractivity (Wildman–Crippen MR) is 101 cm³/mol. The van der Waals surface area contributed by atoms with Crippen molar-refractivity contribution in [1.29, 1.82) is 0 Å². The van der Waals surface area contributed by atoms with Gasteiger partial charge in [-0.1, -0.05) is 48.9 Å². The summed E-state index contributed by atoms with van der Waals surface area (Å²) in [4.78, 5) is 27.5.